The van der Waals surface area contributed by atoms with E-state index in [2.05, 4.69) is 22.9 Å². The molecule has 9 nitrogen and oxygen atoms in total. The zero-order valence-electron chi connectivity index (χ0n) is 22.1. The number of amides is 2. The van der Waals surface area contributed by atoms with Crippen LogP contribution in [-0.4, -0.2) is 39.1 Å². The van der Waals surface area contributed by atoms with E-state index in [0.717, 1.165) is 37.6 Å². The van der Waals surface area contributed by atoms with Crippen molar-refractivity contribution < 1.29 is 23.5 Å². The van der Waals surface area contributed by atoms with Crippen molar-refractivity contribution in [2.45, 2.75) is 19.8 Å². The largest absolute Gasteiger partial charge is 0.493 e. The van der Waals surface area contributed by atoms with Crippen LogP contribution in [0.5, 0.6) is 11.5 Å². The van der Waals surface area contributed by atoms with E-state index in [-0.39, 0.29) is 28.0 Å². The standard InChI is InChI=1S/C30H31N3O6/c1-4-14-31-15-13-19-9-11-20(12-10-19)32-29(35)22-16-26(37-2)27(38-3)17-23(22)33-30(36)28-18-24(34)21-7-5-6-8-25(21)39-28/h5-12,16-18,31H,4,13-15H2,1-3H3,(H,32,35)(H,33,36). The molecule has 0 spiro atoms. The predicted molar refractivity (Wildman–Crippen MR) is 151 cm³/mol. The number of para-hydroxylation sites is 1. The van der Waals surface area contributed by atoms with Crippen LogP contribution in [0, 0.1) is 0 Å². The van der Waals surface area contributed by atoms with Gasteiger partial charge in [0.25, 0.3) is 11.8 Å². The maximum absolute atomic E-state index is 13.3. The van der Waals surface area contributed by atoms with Gasteiger partial charge in [-0.15, -0.1) is 0 Å². The van der Waals surface area contributed by atoms with E-state index < -0.39 is 11.8 Å². The first-order valence-electron chi connectivity index (χ1n) is 12.6. The maximum Gasteiger partial charge on any atom is 0.291 e. The summed E-state index contributed by atoms with van der Waals surface area (Å²) in [6.45, 7) is 3.98. The zero-order chi connectivity index (χ0) is 27.8. The first-order chi connectivity index (χ1) is 18.9. The second-order valence-corrected chi connectivity index (χ2v) is 8.83. The average molecular weight is 530 g/mol. The van der Waals surface area contributed by atoms with E-state index in [1.54, 1.807) is 24.3 Å². The third kappa shape index (κ3) is 6.63. The summed E-state index contributed by atoms with van der Waals surface area (Å²) in [5.41, 5.74) is 1.97. The smallest absolute Gasteiger partial charge is 0.291 e. The molecular weight excluding hydrogens is 498 g/mol. The fourth-order valence-electron chi connectivity index (χ4n) is 4.06. The summed E-state index contributed by atoms with van der Waals surface area (Å²) in [6, 6.07) is 18.3. The molecule has 0 unspecified atom stereocenters. The van der Waals surface area contributed by atoms with E-state index in [1.165, 1.54) is 26.4 Å². The minimum atomic E-state index is -0.694. The van der Waals surface area contributed by atoms with Gasteiger partial charge in [-0.3, -0.25) is 14.4 Å². The first-order valence-corrected chi connectivity index (χ1v) is 12.6. The number of rotatable bonds is 11. The molecule has 0 atom stereocenters. The highest BCUT2D eigenvalue weighted by Crippen LogP contribution is 2.34. The maximum atomic E-state index is 13.3. The van der Waals surface area contributed by atoms with Gasteiger partial charge in [-0.1, -0.05) is 31.2 Å². The molecule has 1 heterocycles. The molecule has 2 amide bonds. The molecule has 0 aliphatic carbocycles. The van der Waals surface area contributed by atoms with E-state index >= 15 is 0 Å². The van der Waals surface area contributed by atoms with E-state index in [1.807, 2.05) is 24.3 Å². The Balaban J connectivity index is 1.58. The highest BCUT2D eigenvalue weighted by molar-refractivity contribution is 6.12. The van der Waals surface area contributed by atoms with Crippen molar-refractivity contribution in [2.24, 2.45) is 0 Å². The van der Waals surface area contributed by atoms with Crippen LogP contribution in [0.4, 0.5) is 11.4 Å². The molecule has 0 fully saturated rings. The molecule has 39 heavy (non-hydrogen) atoms. The number of ether oxygens (including phenoxy) is 2. The van der Waals surface area contributed by atoms with Crippen molar-refractivity contribution in [1.29, 1.82) is 0 Å². The van der Waals surface area contributed by atoms with E-state index in [0.29, 0.717) is 22.6 Å². The molecule has 3 aromatic carbocycles. The summed E-state index contributed by atoms with van der Waals surface area (Å²) in [6.07, 6.45) is 1.96. The van der Waals surface area contributed by atoms with Crippen molar-refractivity contribution in [2.75, 3.05) is 37.9 Å². The minimum absolute atomic E-state index is 0.136. The van der Waals surface area contributed by atoms with Crippen LogP contribution in [0.2, 0.25) is 0 Å². The normalized spacial score (nSPS) is 10.7. The van der Waals surface area contributed by atoms with E-state index in [9.17, 15) is 14.4 Å². The molecule has 0 aliphatic heterocycles. The number of hydrogen-bond acceptors (Lipinski definition) is 7. The number of fused-ring (bicyclic) bond motifs is 1. The number of nitrogens with one attached hydrogen (secondary N) is 3. The third-order valence-corrected chi connectivity index (χ3v) is 6.10. The minimum Gasteiger partial charge on any atom is -0.493 e. The molecule has 0 radical (unpaired) electrons. The Hall–Kier alpha value is -4.63. The Morgan fingerprint density at radius 1 is 0.846 bits per heavy atom. The Labute approximate surface area is 226 Å². The van der Waals surface area contributed by atoms with Crippen LogP contribution in [0.15, 0.2) is 75.9 Å². The molecule has 9 heteroatoms. The molecule has 0 aliphatic rings. The molecule has 3 N–H and O–H groups in total. The molecule has 202 valence electrons. The summed E-state index contributed by atoms with van der Waals surface area (Å²) in [5.74, 6) is -0.731. The van der Waals surface area contributed by atoms with Crippen LogP contribution >= 0.6 is 0 Å². The van der Waals surface area contributed by atoms with Gasteiger partial charge in [0, 0.05) is 17.8 Å². The molecule has 1 aromatic heterocycles. The molecule has 0 bridgehead atoms. The predicted octanol–water partition coefficient (Wildman–Crippen LogP) is 4.86. The van der Waals surface area contributed by atoms with Crippen LogP contribution in [0.1, 0.15) is 39.8 Å². The van der Waals surface area contributed by atoms with Gasteiger partial charge in [-0.2, -0.15) is 0 Å². The number of carbonyl (C=O) groups is 2. The van der Waals surface area contributed by atoms with Crippen molar-refractivity contribution in [3.8, 4) is 11.5 Å². The van der Waals surface area contributed by atoms with Crippen molar-refractivity contribution in [3.63, 3.8) is 0 Å². The van der Waals surface area contributed by atoms with Gasteiger partial charge < -0.3 is 29.8 Å². The number of methoxy groups -OCH3 is 2. The topological polar surface area (TPSA) is 119 Å². The Morgan fingerprint density at radius 2 is 1.56 bits per heavy atom. The Bertz CT molecular complexity index is 1530. The van der Waals surface area contributed by atoms with Gasteiger partial charge in [0.15, 0.2) is 22.7 Å². The Kier molecular flexibility index (Phi) is 8.96. The fourth-order valence-corrected chi connectivity index (χ4v) is 4.06. The molecule has 0 saturated carbocycles. The van der Waals surface area contributed by atoms with Crippen LogP contribution in [-0.2, 0) is 6.42 Å². The van der Waals surface area contributed by atoms with Crippen molar-refractivity contribution in [3.05, 3.63) is 93.8 Å². The molecular formula is C30H31N3O6. The van der Waals surface area contributed by atoms with E-state index in [4.69, 9.17) is 13.9 Å². The van der Waals surface area contributed by atoms with Crippen LogP contribution < -0.4 is 30.9 Å². The fraction of sp³-hybridized carbons (Fsp3) is 0.233. The van der Waals surface area contributed by atoms with Gasteiger partial charge in [0.1, 0.15) is 5.58 Å². The van der Waals surface area contributed by atoms with Crippen LogP contribution in [0.3, 0.4) is 0 Å². The third-order valence-electron chi connectivity index (χ3n) is 6.10. The second kappa shape index (κ2) is 12.7. The number of benzene rings is 3. The van der Waals surface area contributed by atoms with Crippen molar-refractivity contribution >= 4 is 34.2 Å². The molecule has 0 saturated heterocycles. The number of anilines is 2. The summed E-state index contributed by atoms with van der Waals surface area (Å²) in [5, 5.41) is 9.27. The summed E-state index contributed by atoms with van der Waals surface area (Å²) in [7, 11) is 2.90. The molecule has 4 aromatic rings. The summed E-state index contributed by atoms with van der Waals surface area (Å²) < 4.78 is 16.4. The quantitative estimate of drug-likeness (QED) is 0.238. The van der Waals surface area contributed by atoms with Crippen molar-refractivity contribution in [1.82, 2.24) is 5.32 Å². The summed E-state index contributed by atoms with van der Waals surface area (Å²) >= 11 is 0. The summed E-state index contributed by atoms with van der Waals surface area (Å²) in [4.78, 5) is 38.9. The highest BCUT2D eigenvalue weighted by atomic mass is 16.5. The monoisotopic (exact) mass is 529 g/mol. The molecule has 4 rings (SSSR count). The van der Waals surface area contributed by atoms with Gasteiger partial charge >= 0.3 is 0 Å². The lowest BCUT2D eigenvalue weighted by Gasteiger charge is -2.16. The zero-order valence-corrected chi connectivity index (χ0v) is 22.1. The SMILES string of the molecule is CCCNCCc1ccc(NC(=O)c2cc(OC)c(OC)cc2NC(=O)c2cc(=O)c3ccccc3o2)cc1. The highest BCUT2D eigenvalue weighted by Gasteiger charge is 2.21. The van der Waals surface area contributed by atoms with Gasteiger partial charge in [-0.05, 0) is 61.8 Å². The average Bonchev–Trinajstić information content (AvgIpc) is 2.95. The number of hydrogen-bond donors (Lipinski definition) is 3. The first kappa shape index (κ1) is 27.4. The lowest BCUT2D eigenvalue weighted by Crippen LogP contribution is -2.20. The lowest BCUT2D eigenvalue weighted by atomic mass is 10.1. The van der Waals surface area contributed by atoms with Gasteiger partial charge in [-0.25, -0.2) is 0 Å². The second-order valence-electron chi connectivity index (χ2n) is 8.83. The van der Waals surface area contributed by atoms with Gasteiger partial charge in [0.2, 0.25) is 0 Å². The lowest BCUT2D eigenvalue weighted by molar-refractivity contribution is 0.0997. The Morgan fingerprint density at radius 3 is 2.28 bits per heavy atom. The van der Waals surface area contributed by atoms with Crippen LogP contribution in [0.25, 0.3) is 11.0 Å². The number of carbonyl (C=O) groups excluding carboxylic acids is 2. The van der Waals surface area contributed by atoms with Gasteiger partial charge in [0.05, 0.1) is 30.9 Å².